The Morgan fingerprint density at radius 2 is 1.91 bits per heavy atom. The van der Waals surface area contributed by atoms with Gasteiger partial charge in [-0.25, -0.2) is 14.8 Å². The number of anilines is 1. The Labute approximate surface area is 132 Å². The Morgan fingerprint density at radius 3 is 2.45 bits per heavy atom. The lowest BCUT2D eigenvalue weighted by atomic mass is 10.2. The molecule has 0 bridgehead atoms. The number of carbonyl (C=O) groups excluding carboxylic acids is 1. The zero-order valence-corrected chi connectivity index (χ0v) is 14.4. The van der Waals surface area contributed by atoms with Crippen LogP contribution in [0, 0.1) is 13.8 Å². The first-order valence-corrected chi connectivity index (χ1v) is 7.69. The molecule has 0 aliphatic carbocycles. The molecule has 1 aromatic rings. The zero-order valence-electron chi connectivity index (χ0n) is 14.4. The Bertz CT molecular complexity index is 533. The van der Waals surface area contributed by atoms with Crippen molar-refractivity contribution < 1.29 is 9.53 Å². The van der Waals surface area contributed by atoms with Gasteiger partial charge in [-0.1, -0.05) is 0 Å². The summed E-state index contributed by atoms with van der Waals surface area (Å²) in [5.74, 6) is 0.716. The van der Waals surface area contributed by atoms with Crippen molar-refractivity contribution in [3.8, 4) is 0 Å². The number of aromatic nitrogens is 2. The van der Waals surface area contributed by atoms with E-state index in [1.165, 1.54) is 0 Å². The monoisotopic (exact) mass is 306 g/mol. The maximum absolute atomic E-state index is 12.1. The third-order valence-electron chi connectivity index (χ3n) is 3.65. The molecule has 1 saturated heterocycles. The SMILES string of the molecule is Cc1cc(C)nc(N(C)C2CCN(C(=O)OC(C)(C)C)C2)n1. The van der Waals surface area contributed by atoms with Gasteiger partial charge in [-0.15, -0.1) is 0 Å². The molecule has 1 unspecified atom stereocenters. The summed E-state index contributed by atoms with van der Waals surface area (Å²) in [7, 11) is 1.98. The quantitative estimate of drug-likeness (QED) is 0.840. The van der Waals surface area contributed by atoms with Gasteiger partial charge in [-0.05, 0) is 47.1 Å². The van der Waals surface area contributed by atoms with Crippen LogP contribution >= 0.6 is 0 Å². The largest absolute Gasteiger partial charge is 0.444 e. The van der Waals surface area contributed by atoms with Crippen molar-refractivity contribution in [2.24, 2.45) is 0 Å². The summed E-state index contributed by atoms with van der Waals surface area (Å²) in [5, 5.41) is 0. The van der Waals surface area contributed by atoms with Crippen LogP contribution in [0.1, 0.15) is 38.6 Å². The summed E-state index contributed by atoms with van der Waals surface area (Å²) in [6.45, 7) is 10.9. The molecule has 0 spiro atoms. The van der Waals surface area contributed by atoms with Crippen molar-refractivity contribution >= 4 is 12.0 Å². The minimum Gasteiger partial charge on any atom is -0.444 e. The highest BCUT2D eigenvalue weighted by atomic mass is 16.6. The highest BCUT2D eigenvalue weighted by Crippen LogP contribution is 2.21. The predicted octanol–water partition coefficient (Wildman–Crippen LogP) is 2.54. The fourth-order valence-electron chi connectivity index (χ4n) is 2.58. The van der Waals surface area contributed by atoms with E-state index in [0.717, 1.165) is 17.8 Å². The first-order valence-electron chi connectivity index (χ1n) is 7.69. The number of hydrogen-bond acceptors (Lipinski definition) is 5. The lowest BCUT2D eigenvalue weighted by molar-refractivity contribution is 0.0292. The summed E-state index contributed by atoms with van der Waals surface area (Å²) in [4.78, 5) is 24.9. The van der Waals surface area contributed by atoms with Crippen molar-refractivity contribution in [2.75, 3.05) is 25.0 Å². The van der Waals surface area contributed by atoms with Gasteiger partial charge in [0.05, 0.1) is 6.04 Å². The Balaban J connectivity index is 2.02. The van der Waals surface area contributed by atoms with E-state index in [4.69, 9.17) is 4.74 Å². The highest BCUT2D eigenvalue weighted by molar-refractivity contribution is 5.68. The van der Waals surface area contributed by atoms with Crippen molar-refractivity contribution in [3.63, 3.8) is 0 Å². The third-order valence-corrected chi connectivity index (χ3v) is 3.65. The molecule has 1 aromatic heterocycles. The summed E-state index contributed by atoms with van der Waals surface area (Å²) in [6.07, 6.45) is 0.649. The molecule has 1 atom stereocenters. The van der Waals surface area contributed by atoms with Crippen LogP contribution in [0.4, 0.5) is 10.7 Å². The van der Waals surface area contributed by atoms with E-state index >= 15 is 0 Å². The van der Waals surface area contributed by atoms with Gasteiger partial charge in [-0.3, -0.25) is 0 Å². The molecule has 1 fully saturated rings. The van der Waals surface area contributed by atoms with Gasteiger partial charge in [0.1, 0.15) is 5.60 Å². The van der Waals surface area contributed by atoms with Gasteiger partial charge in [-0.2, -0.15) is 0 Å². The minimum absolute atomic E-state index is 0.216. The lowest BCUT2D eigenvalue weighted by Crippen LogP contribution is -2.39. The van der Waals surface area contributed by atoms with Crippen LogP contribution in [0.15, 0.2) is 6.07 Å². The third kappa shape index (κ3) is 4.08. The van der Waals surface area contributed by atoms with Crippen LogP contribution in [0.5, 0.6) is 0 Å². The Kier molecular flexibility index (Phi) is 4.58. The van der Waals surface area contributed by atoms with Crippen LogP contribution < -0.4 is 4.90 Å². The minimum atomic E-state index is -0.460. The average molecular weight is 306 g/mol. The van der Waals surface area contributed by atoms with Gasteiger partial charge in [0.2, 0.25) is 5.95 Å². The number of hydrogen-bond donors (Lipinski definition) is 0. The summed E-state index contributed by atoms with van der Waals surface area (Å²) in [5.41, 5.74) is 1.45. The fourth-order valence-corrected chi connectivity index (χ4v) is 2.58. The summed E-state index contributed by atoms with van der Waals surface area (Å²) >= 11 is 0. The average Bonchev–Trinajstić information content (AvgIpc) is 2.84. The zero-order chi connectivity index (χ0) is 16.5. The number of likely N-dealkylation sites (N-methyl/N-ethyl adjacent to an activating group) is 1. The van der Waals surface area contributed by atoms with Gasteiger partial charge in [0.25, 0.3) is 0 Å². The van der Waals surface area contributed by atoms with Crippen LogP contribution in [0.2, 0.25) is 0 Å². The molecule has 1 aliphatic heterocycles. The van der Waals surface area contributed by atoms with Gasteiger partial charge < -0.3 is 14.5 Å². The van der Waals surface area contributed by atoms with E-state index in [-0.39, 0.29) is 12.1 Å². The van der Waals surface area contributed by atoms with Crippen molar-refractivity contribution in [3.05, 3.63) is 17.5 Å². The van der Waals surface area contributed by atoms with E-state index in [9.17, 15) is 4.79 Å². The molecule has 2 rings (SSSR count). The molecular formula is C16H26N4O2. The smallest absolute Gasteiger partial charge is 0.410 e. The topological polar surface area (TPSA) is 58.6 Å². The number of ether oxygens (including phenoxy) is 1. The first-order chi connectivity index (χ1) is 10.2. The molecule has 0 N–H and O–H groups in total. The molecule has 6 nitrogen and oxygen atoms in total. The lowest BCUT2D eigenvalue weighted by Gasteiger charge is -2.27. The molecule has 6 heteroatoms. The molecule has 0 radical (unpaired) electrons. The highest BCUT2D eigenvalue weighted by Gasteiger charge is 2.32. The van der Waals surface area contributed by atoms with Gasteiger partial charge in [0.15, 0.2) is 0 Å². The predicted molar refractivity (Wildman–Crippen MR) is 86.1 cm³/mol. The van der Waals surface area contributed by atoms with E-state index < -0.39 is 5.60 Å². The maximum atomic E-state index is 12.1. The number of rotatable bonds is 2. The second-order valence-electron chi connectivity index (χ2n) is 6.93. The number of carbonyl (C=O) groups is 1. The Morgan fingerprint density at radius 1 is 1.32 bits per heavy atom. The molecule has 122 valence electrons. The van der Waals surface area contributed by atoms with Gasteiger partial charge >= 0.3 is 6.09 Å². The number of amides is 1. The van der Waals surface area contributed by atoms with Crippen LogP contribution in [-0.2, 0) is 4.74 Å². The summed E-state index contributed by atoms with van der Waals surface area (Å²) in [6, 6.07) is 2.17. The molecule has 1 amide bonds. The van der Waals surface area contributed by atoms with Crippen molar-refractivity contribution in [2.45, 2.75) is 52.7 Å². The maximum Gasteiger partial charge on any atom is 0.410 e. The molecule has 1 aliphatic rings. The second-order valence-corrected chi connectivity index (χ2v) is 6.93. The molecular weight excluding hydrogens is 280 g/mol. The van der Waals surface area contributed by atoms with Crippen LogP contribution in [0.3, 0.4) is 0 Å². The molecule has 0 saturated carbocycles. The van der Waals surface area contributed by atoms with Crippen LogP contribution in [-0.4, -0.2) is 52.7 Å². The van der Waals surface area contributed by atoms with Crippen LogP contribution in [0.25, 0.3) is 0 Å². The molecule has 0 aromatic carbocycles. The van der Waals surface area contributed by atoms with E-state index in [1.807, 2.05) is 47.7 Å². The number of likely N-dealkylation sites (tertiary alicyclic amines) is 1. The molecule has 22 heavy (non-hydrogen) atoms. The van der Waals surface area contributed by atoms with Crippen molar-refractivity contribution in [1.29, 1.82) is 0 Å². The van der Waals surface area contributed by atoms with Gasteiger partial charge in [0, 0.05) is 31.5 Å². The van der Waals surface area contributed by atoms with Crippen molar-refractivity contribution in [1.82, 2.24) is 14.9 Å². The Hall–Kier alpha value is -1.85. The first kappa shape index (κ1) is 16.5. The van der Waals surface area contributed by atoms with E-state index in [2.05, 4.69) is 14.9 Å². The fraction of sp³-hybridized carbons (Fsp3) is 0.688. The summed E-state index contributed by atoms with van der Waals surface area (Å²) < 4.78 is 5.43. The molecule has 2 heterocycles. The van der Waals surface area contributed by atoms with E-state index in [0.29, 0.717) is 19.0 Å². The second kappa shape index (κ2) is 6.10. The number of nitrogens with zero attached hydrogens (tertiary/aromatic N) is 4. The number of aryl methyl sites for hydroxylation is 2. The van der Waals surface area contributed by atoms with E-state index in [1.54, 1.807) is 4.90 Å². The normalized spacial score (nSPS) is 18.5. The standard InChI is InChI=1S/C16H26N4O2/c1-11-9-12(2)18-14(17-11)19(6)13-7-8-20(10-13)15(21)22-16(3,4)5/h9,13H,7-8,10H2,1-6H3.